The fourth-order valence-corrected chi connectivity index (χ4v) is 3.50. The summed E-state index contributed by atoms with van der Waals surface area (Å²) in [6.07, 6.45) is 1.47. The smallest absolute Gasteiger partial charge is 0.307 e. The predicted molar refractivity (Wildman–Crippen MR) is 118 cm³/mol. The second kappa shape index (κ2) is 8.47. The highest BCUT2D eigenvalue weighted by Gasteiger charge is 2.14. The molecule has 1 aromatic heterocycles. The van der Waals surface area contributed by atoms with Crippen molar-refractivity contribution in [2.75, 3.05) is 13.7 Å². The second-order valence-electron chi connectivity index (χ2n) is 6.48. The number of nitrogens with zero attached hydrogens (tertiary/aromatic N) is 1. The Morgan fingerprint density at radius 3 is 2.80 bits per heavy atom. The molecule has 7 heteroatoms. The number of rotatable bonds is 6. The zero-order valence-corrected chi connectivity index (χ0v) is 17.2. The molecule has 0 saturated heterocycles. The van der Waals surface area contributed by atoms with Crippen molar-refractivity contribution in [1.82, 2.24) is 5.43 Å². The number of halogens is 1. The Kier molecular flexibility index (Phi) is 5.59. The highest BCUT2D eigenvalue weighted by Crippen LogP contribution is 2.36. The summed E-state index contributed by atoms with van der Waals surface area (Å²) in [4.78, 5) is 12.5. The van der Waals surface area contributed by atoms with Crippen molar-refractivity contribution in [3.63, 3.8) is 0 Å². The molecule has 4 aromatic rings. The number of carbonyl (C=O) groups is 1. The molecule has 30 heavy (non-hydrogen) atoms. The molecule has 0 atom stereocenters. The van der Waals surface area contributed by atoms with Crippen LogP contribution in [0.25, 0.3) is 21.7 Å². The maximum absolute atomic E-state index is 12.5. The summed E-state index contributed by atoms with van der Waals surface area (Å²) in [7, 11) is 1.53. The molecule has 0 fully saturated rings. The van der Waals surface area contributed by atoms with Gasteiger partial charge in [0.05, 0.1) is 25.0 Å². The van der Waals surface area contributed by atoms with Gasteiger partial charge in [-0.25, -0.2) is 5.43 Å². The first kappa shape index (κ1) is 19.8. The van der Waals surface area contributed by atoms with E-state index in [1.54, 1.807) is 18.2 Å². The molecule has 0 aliphatic heterocycles. The molecule has 0 saturated carbocycles. The van der Waals surface area contributed by atoms with Gasteiger partial charge < -0.3 is 13.9 Å². The molecule has 1 amide bonds. The topological polar surface area (TPSA) is 73.1 Å². The zero-order valence-electron chi connectivity index (χ0n) is 16.4. The van der Waals surface area contributed by atoms with Crippen molar-refractivity contribution in [2.24, 2.45) is 5.10 Å². The van der Waals surface area contributed by atoms with Crippen LogP contribution in [0.2, 0.25) is 5.02 Å². The van der Waals surface area contributed by atoms with E-state index in [0.29, 0.717) is 34.3 Å². The van der Waals surface area contributed by atoms with Gasteiger partial charge in [-0.15, -0.1) is 0 Å². The van der Waals surface area contributed by atoms with Crippen LogP contribution in [0.4, 0.5) is 0 Å². The summed E-state index contributed by atoms with van der Waals surface area (Å²) in [5, 5.41) is 7.39. The molecule has 1 N–H and O–H groups in total. The van der Waals surface area contributed by atoms with Crippen molar-refractivity contribution in [2.45, 2.75) is 6.92 Å². The number of furan rings is 1. The minimum Gasteiger partial charge on any atom is -0.493 e. The van der Waals surface area contributed by atoms with Gasteiger partial charge in [0, 0.05) is 5.39 Å². The lowest BCUT2D eigenvalue weighted by molar-refractivity contribution is 0.0929. The van der Waals surface area contributed by atoms with Crippen molar-refractivity contribution >= 4 is 45.5 Å². The van der Waals surface area contributed by atoms with Crippen LogP contribution in [-0.2, 0) is 0 Å². The van der Waals surface area contributed by atoms with Gasteiger partial charge in [0.25, 0.3) is 0 Å². The standard InChI is InChI=1S/C23H19ClN2O4/c1-3-29-22-18(24)10-14(11-20(22)28-2)13-25-26-23(27)21-12-17-16-7-5-4-6-15(16)8-9-19(17)30-21/h4-13H,3H2,1-2H3,(H,26,27)/b25-13-. The van der Waals surface area contributed by atoms with Gasteiger partial charge in [-0.3, -0.25) is 4.79 Å². The summed E-state index contributed by atoms with van der Waals surface area (Å²) in [6.45, 7) is 2.33. The number of hydrogen-bond acceptors (Lipinski definition) is 5. The number of amides is 1. The summed E-state index contributed by atoms with van der Waals surface area (Å²) in [5.74, 6) is 0.690. The minimum absolute atomic E-state index is 0.181. The summed E-state index contributed by atoms with van der Waals surface area (Å²) >= 11 is 6.25. The Bertz CT molecular complexity index is 1260. The SMILES string of the molecule is CCOc1c(Cl)cc(/C=N\NC(=O)c2cc3c(ccc4ccccc43)o2)cc1OC. The number of fused-ring (bicyclic) bond motifs is 3. The maximum atomic E-state index is 12.5. The normalized spacial score (nSPS) is 11.3. The van der Waals surface area contributed by atoms with Crippen LogP contribution < -0.4 is 14.9 Å². The van der Waals surface area contributed by atoms with Gasteiger partial charge in [-0.05, 0) is 47.5 Å². The number of hydrazone groups is 1. The van der Waals surface area contributed by atoms with Crippen LogP contribution in [0.1, 0.15) is 23.0 Å². The maximum Gasteiger partial charge on any atom is 0.307 e. The lowest BCUT2D eigenvalue weighted by atomic mass is 10.1. The average Bonchev–Trinajstić information content (AvgIpc) is 3.20. The summed E-state index contributed by atoms with van der Waals surface area (Å²) in [5.41, 5.74) is 3.77. The van der Waals surface area contributed by atoms with Crippen molar-refractivity contribution < 1.29 is 18.7 Å². The lowest BCUT2D eigenvalue weighted by Crippen LogP contribution is -2.16. The molecule has 6 nitrogen and oxygen atoms in total. The van der Waals surface area contributed by atoms with E-state index in [-0.39, 0.29) is 5.76 Å². The molecule has 1 heterocycles. The van der Waals surface area contributed by atoms with Gasteiger partial charge in [-0.1, -0.05) is 41.9 Å². The van der Waals surface area contributed by atoms with E-state index in [1.807, 2.05) is 43.3 Å². The molecule has 0 unspecified atom stereocenters. The van der Waals surface area contributed by atoms with Gasteiger partial charge in [0.1, 0.15) is 5.58 Å². The lowest BCUT2D eigenvalue weighted by Gasteiger charge is -2.11. The molecule has 0 aliphatic rings. The molecule has 4 rings (SSSR count). The van der Waals surface area contributed by atoms with Crippen LogP contribution in [-0.4, -0.2) is 25.8 Å². The van der Waals surface area contributed by atoms with E-state index < -0.39 is 5.91 Å². The number of nitrogens with one attached hydrogen (secondary N) is 1. The van der Waals surface area contributed by atoms with Gasteiger partial charge in [0.15, 0.2) is 17.3 Å². The van der Waals surface area contributed by atoms with Gasteiger partial charge in [0.2, 0.25) is 0 Å². The Morgan fingerprint density at radius 2 is 2.00 bits per heavy atom. The number of carbonyl (C=O) groups excluding carboxylic acids is 1. The van der Waals surface area contributed by atoms with Crippen LogP contribution in [0.15, 0.2) is 64.1 Å². The summed E-state index contributed by atoms with van der Waals surface area (Å²) in [6, 6.07) is 16.9. The van der Waals surface area contributed by atoms with Crippen LogP contribution in [0.5, 0.6) is 11.5 Å². The first-order valence-corrected chi connectivity index (χ1v) is 9.73. The van der Waals surface area contributed by atoms with Crippen molar-refractivity contribution in [1.29, 1.82) is 0 Å². The van der Waals surface area contributed by atoms with Crippen LogP contribution in [0.3, 0.4) is 0 Å². The first-order chi connectivity index (χ1) is 14.6. The number of hydrogen-bond donors (Lipinski definition) is 1. The monoisotopic (exact) mass is 422 g/mol. The molecule has 3 aromatic carbocycles. The fraction of sp³-hybridized carbons (Fsp3) is 0.130. The fourth-order valence-electron chi connectivity index (χ4n) is 3.22. The molecule has 0 bridgehead atoms. The Hall–Kier alpha value is -3.51. The largest absolute Gasteiger partial charge is 0.493 e. The van der Waals surface area contributed by atoms with Crippen molar-refractivity contribution in [3.8, 4) is 11.5 Å². The molecule has 152 valence electrons. The third kappa shape index (κ3) is 3.82. The van der Waals surface area contributed by atoms with E-state index in [1.165, 1.54) is 13.3 Å². The van der Waals surface area contributed by atoms with Crippen molar-refractivity contribution in [3.05, 3.63) is 70.9 Å². The average molecular weight is 423 g/mol. The van der Waals surface area contributed by atoms with E-state index in [9.17, 15) is 4.79 Å². The van der Waals surface area contributed by atoms with E-state index >= 15 is 0 Å². The Morgan fingerprint density at radius 1 is 1.17 bits per heavy atom. The second-order valence-corrected chi connectivity index (χ2v) is 6.88. The van der Waals surface area contributed by atoms with E-state index in [0.717, 1.165) is 16.2 Å². The third-order valence-electron chi connectivity index (χ3n) is 4.57. The van der Waals surface area contributed by atoms with Crippen LogP contribution in [0, 0.1) is 0 Å². The highest BCUT2D eigenvalue weighted by atomic mass is 35.5. The molecular weight excluding hydrogens is 404 g/mol. The third-order valence-corrected chi connectivity index (χ3v) is 4.85. The number of methoxy groups -OCH3 is 1. The van der Waals surface area contributed by atoms with Gasteiger partial charge >= 0.3 is 5.91 Å². The highest BCUT2D eigenvalue weighted by molar-refractivity contribution is 6.32. The quantitative estimate of drug-likeness (QED) is 0.333. The van der Waals surface area contributed by atoms with E-state index in [2.05, 4.69) is 10.5 Å². The zero-order chi connectivity index (χ0) is 21.1. The van der Waals surface area contributed by atoms with Gasteiger partial charge in [-0.2, -0.15) is 5.10 Å². The Labute approximate surface area is 178 Å². The molecule has 0 spiro atoms. The van der Waals surface area contributed by atoms with E-state index in [4.69, 9.17) is 25.5 Å². The molecule has 0 aliphatic carbocycles. The number of benzene rings is 3. The predicted octanol–water partition coefficient (Wildman–Crippen LogP) is 5.41. The Balaban J connectivity index is 1.54. The minimum atomic E-state index is -0.449. The molecular formula is C23H19ClN2O4. The molecule has 0 radical (unpaired) electrons. The first-order valence-electron chi connectivity index (χ1n) is 9.35. The summed E-state index contributed by atoms with van der Waals surface area (Å²) < 4.78 is 16.5. The number of ether oxygens (including phenoxy) is 2. The van der Waals surface area contributed by atoms with Crippen LogP contribution >= 0.6 is 11.6 Å².